The molecule has 2 amide bonds. The number of hydrogen-bond acceptors (Lipinski definition) is 3. The molecule has 0 fully saturated rings. The molecule has 0 heterocycles. The van der Waals surface area contributed by atoms with Crippen LogP contribution < -0.4 is 16.6 Å². The number of rotatable bonds is 3. The predicted molar refractivity (Wildman–Crippen MR) is 55.7 cm³/mol. The first kappa shape index (κ1) is 11.2. The van der Waals surface area contributed by atoms with Gasteiger partial charge >= 0.3 is 0 Å². The Kier molecular flexibility index (Phi) is 3.82. The molecule has 0 radical (unpaired) electrons. The van der Waals surface area contributed by atoms with Crippen molar-refractivity contribution < 1.29 is 9.59 Å². The third-order valence-electron chi connectivity index (χ3n) is 1.92. The molecule has 0 aromatic heterocycles. The lowest BCUT2D eigenvalue weighted by atomic mass is 10.2. The van der Waals surface area contributed by atoms with E-state index in [-0.39, 0.29) is 5.91 Å². The quantitative estimate of drug-likeness (QED) is 0.364. The molecule has 1 atom stereocenters. The standard InChI is InChI=1S/C10H13N3O2/c1-7(9(14)13-11)12-10(15)8-5-3-2-4-6-8/h2-7H,11H2,1H3,(H,12,15)(H,13,14). The van der Waals surface area contributed by atoms with Crippen LogP contribution in [-0.2, 0) is 4.79 Å². The van der Waals surface area contributed by atoms with E-state index in [1.807, 2.05) is 11.5 Å². The van der Waals surface area contributed by atoms with Crippen molar-refractivity contribution in [2.75, 3.05) is 0 Å². The smallest absolute Gasteiger partial charge is 0.256 e. The van der Waals surface area contributed by atoms with Crippen LogP contribution in [0.4, 0.5) is 0 Å². The monoisotopic (exact) mass is 207 g/mol. The second-order valence-electron chi connectivity index (χ2n) is 3.07. The number of carbonyl (C=O) groups excluding carboxylic acids is 2. The van der Waals surface area contributed by atoms with E-state index >= 15 is 0 Å². The Morgan fingerprint density at radius 3 is 2.40 bits per heavy atom. The van der Waals surface area contributed by atoms with E-state index in [0.29, 0.717) is 5.56 Å². The highest BCUT2D eigenvalue weighted by molar-refractivity contribution is 5.97. The molecule has 0 bridgehead atoms. The maximum atomic E-state index is 11.5. The highest BCUT2D eigenvalue weighted by Gasteiger charge is 2.14. The Hall–Kier alpha value is -1.88. The number of benzene rings is 1. The van der Waals surface area contributed by atoms with Crippen molar-refractivity contribution in [3.05, 3.63) is 35.9 Å². The van der Waals surface area contributed by atoms with E-state index in [1.54, 1.807) is 31.2 Å². The Labute approximate surface area is 87.6 Å². The first-order valence-corrected chi connectivity index (χ1v) is 4.51. The van der Waals surface area contributed by atoms with Crippen molar-refractivity contribution in [2.24, 2.45) is 5.84 Å². The van der Waals surface area contributed by atoms with Gasteiger partial charge in [0.2, 0.25) is 0 Å². The van der Waals surface area contributed by atoms with Gasteiger partial charge in [-0.25, -0.2) is 5.84 Å². The van der Waals surface area contributed by atoms with Crippen LogP contribution in [0.25, 0.3) is 0 Å². The Balaban J connectivity index is 2.61. The summed E-state index contributed by atoms with van der Waals surface area (Å²) >= 11 is 0. The van der Waals surface area contributed by atoms with Gasteiger partial charge in [0, 0.05) is 5.56 Å². The lowest BCUT2D eigenvalue weighted by molar-refractivity contribution is -0.122. The highest BCUT2D eigenvalue weighted by Crippen LogP contribution is 1.98. The van der Waals surface area contributed by atoms with Gasteiger partial charge in [-0.15, -0.1) is 0 Å². The number of hydrogen-bond donors (Lipinski definition) is 3. The Bertz CT molecular complexity index is 351. The number of carbonyl (C=O) groups is 2. The van der Waals surface area contributed by atoms with Crippen molar-refractivity contribution in [2.45, 2.75) is 13.0 Å². The van der Waals surface area contributed by atoms with Gasteiger partial charge in [0.15, 0.2) is 0 Å². The second kappa shape index (κ2) is 5.11. The van der Waals surface area contributed by atoms with Crippen molar-refractivity contribution >= 4 is 11.8 Å². The third-order valence-corrected chi connectivity index (χ3v) is 1.92. The van der Waals surface area contributed by atoms with E-state index in [9.17, 15) is 9.59 Å². The van der Waals surface area contributed by atoms with Gasteiger partial charge in [-0.3, -0.25) is 15.0 Å². The molecule has 5 heteroatoms. The highest BCUT2D eigenvalue weighted by atomic mass is 16.2. The fourth-order valence-electron chi connectivity index (χ4n) is 1.06. The van der Waals surface area contributed by atoms with Crippen molar-refractivity contribution in [3.8, 4) is 0 Å². The average Bonchev–Trinajstić information content (AvgIpc) is 2.29. The van der Waals surface area contributed by atoms with Crippen LogP contribution in [0.2, 0.25) is 0 Å². The zero-order valence-electron chi connectivity index (χ0n) is 8.36. The molecular formula is C10H13N3O2. The molecule has 15 heavy (non-hydrogen) atoms. The van der Waals surface area contributed by atoms with Crippen molar-refractivity contribution in [3.63, 3.8) is 0 Å². The average molecular weight is 207 g/mol. The second-order valence-corrected chi connectivity index (χ2v) is 3.07. The van der Waals surface area contributed by atoms with E-state index in [2.05, 4.69) is 5.32 Å². The summed E-state index contributed by atoms with van der Waals surface area (Å²) in [7, 11) is 0. The normalized spacial score (nSPS) is 11.6. The number of nitrogens with one attached hydrogen (secondary N) is 2. The predicted octanol–water partition coefficient (Wildman–Crippen LogP) is -0.205. The molecule has 4 N–H and O–H groups in total. The lowest BCUT2D eigenvalue weighted by Gasteiger charge is -2.11. The zero-order chi connectivity index (χ0) is 11.3. The largest absolute Gasteiger partial charge is 0.340 e. The molecule has 1 unspecified atom stereocenters. The summed E-state index contributed by atoms with van der Waals surface area (Å²) in [4.78, 5) is 22.6. The van der Waals surface area contributed by atoms with E-state index in [4.69, 9.17) is 5.84 Å². The first-order valence-electron chi connectivity index (χ1n) is 4.51. The minimum atomic E-state index is -0.650. The summed E-state index contributed by atoms with van der Waals surface area (Å²) in [6, 6.07) is 8.01. The molecule has 0 aliphatic heterocycles. The Morgan fingerprint density at radius 1 is 1.27 bits per heavy atom. The van der Waals surface area contributed by atoms with Crippen LogP contribution in [0.5, 0.6) is 0 Å². The van der Waals surface area contributed by atoms with Crippen LogP contribution in [0.3, 0.4) is 0 Å². The van der Waals surface area contributed by atoms with Gasteiger partial charge in [-0.05, 0) is 19.1 Å². The minimum Gasteiger partial charge on any atom is -0.340 e. The minimum absolute atomic E-state index is 0.299. The molecular weight excluding hydrogens is 194 g/mol. The van der Waals surface area contributed by atoms with Crippen LogP contribution in [0, 0.1) is 0 Å². The molecule has 0 saturated carbocycles. The van der Waals surface area contributed by atoms with Gasteiger partial charge in [0.1, 0.15) is 6.04 Å². The summed E-state index contributed by atoms with van der Waals surface area (Å²) in [5.74, 6) is 4.21. The first-order chi connectivity index (χ1) is 7.15. The number of hydrazine groups is 1. The van der Waals surface area contributed by atoms with Gasteiger partial charge in [0.05, 0.1) is 0 Å². The summed E-state index contributed by atoms with van der Waals surface area (Å²) in [5, 5.41) is 2.52. The van der Waals surface area contributed by atoms with Gasteiger partial charge in [-0.2, -0.15) is 0 Å². The van der Waals surface area contributed by atoms with Crippen molar-refractivity contribution in [1.82, 2.24) is 10.7 Å². The van der Waals surface area contributed by atoms with Crippen LogP contribution in [0.15, 0.2) is 30.3 Å². The van der Waals surface area contributed by atoms with Crippen LogP contribution in [-0.4, -0.2) is 17.9 Å². The van der Waals surface area contributed by atoms with Crippen molar-refractivity contribution in [1.29, 1.82) is 0 Å². The number of nitrogens with two attached hydrogens (primary N) is 1. The summed E-state index contributed by atoms with van der Waals surface area (Å²) in [5.41, 5.74) is 2.48. The third kappa shape index (κ3) is 3.07. The van der Waals surface area contributed by atoms with Crippen LogP contribution in [0.1, 0.15) is 17.3 Å². The van der Waals surface area contributed by atoms with E-state index < -0.39 is 11.9 Å². The molecule has 80 valence electrons. The molecule has 1 aromatic rings. The summed E-state index contributed by atoms with van der Waals surface area (Å²) in [6.45, 7) is 1.56. The molecule has 0 saturated heterocycles. The molecule has 5 nitrogen and oxygen atoms in total. The van der Waals surface area contributed by atoms with Gasteiger partial charge in [0.25, 0.3) is 11.8 Å². The Morgan fingerprint density at radius 2 is 1.87 bits per heavy atom. The summed E-state index contributed by atoms with van der Waals surface area (Å²) < 4.78 is 0. The van der Waals surface area contributed by atoms with Gasteiger partial charge in [-0.1, -0.05) is 18.2 Å². The fourth-order valence-corrected chi connectivity index (χ4v) is 1.06. The zero-order valence-corrected chi connectivity index (χ0v) is 8.36. The lowest BCUT2D eigenvalue weighted by Crippen LogP contribution is -2.47. The molecule has 1 aromatic carbocycles. The molecule has 0 aliphatic carbocycles. The maximum Gasteiger partial charge on any atom is 0.256 e. The SMILES string of the molecule is CC(NC(=O)c1ccccc1)C(=O)NN. The molecule has 1 rings (SSSR count). The maximum absolute atomic E-state index is 11.5. The molecule has 0 spiro atoms. The van der Waals surface area contributed by atoms with Crippen LogP contribution >= 0.6 is 0 Å². The van der Waals surface area contributed by atoms with Gasteiger partial charge < -0.3 is 5.32 Å². The van der Waals surface area contributed by atoms with E-state index in [0.717, 1.165) is 0 Å². The topological polar surface area (TPSA) is 84.2 Å². The fraction of sp³-hybridized carbons (Fsp3) is 0.200. The summed E-state index contributed by atoms with van der Waals surface area (Å²) in [6.07, 6.45) is 0. The molecule has 0 aliphatic rings. The number of amides is 2. The van der Waals surface area contributed by atoms with E-state index in [1.165, 1.54) is 0 Å².